The lowest BCUT2D eigenvalue weighted by Gasteiger charge is -2.29. The Hall–Kier alpha value is -1.80. The second-order valence-corrected chi connectivity index (χ2v) is 6.77. The number of isocyanates is 1. The maximum Gasteiger partial charge on any atom is 0.235 e. The third-order valence-corrected chi connectivity index (χ3v) is 4.33. The van der Waals surface area contributed by atoms with Crippen LogP contribution in [0.3, 0.4) is 0 Å². The topological polar surface area (TPSA) is 58.9 Å². The minimum atomic E-state index is -0.605. The number of benzene rings is 1. The lowest BCUT2D eigenvalue weighted by Crippen LogP contribution is -2.22. The monoisotopic (exact) mass is 289 g/mol. The smallest absolute Gasteiger partial charge is 0.235 e. The van der Waals surface area contributed by atoms with Crippen LogP contribution >= 0.6 is 0 Å². The van der Waals surface area contributed by atoms with E-state index in [1.165, 1.54) is 7.11 Å². The molecule has 0 aromatic heterocycles. The summed E-state index contributed by atoms with van der Waals surface area (Å²) < 4.78 is 5.39. The molecule has 0 spiro atoms. The van der Waals surface area contributed by atoms with Gasteiger partial charge in [0.1, 0.15) is 5.54 Å². The molecule has 1 aliphatic carbocycles. The predicted molar refractivity (Wildman–Crippen MR) is 81.6 cm³/mol. The maximum atomic E-state index is 10.9. The highest BCUT2D eigenvalue weighted by atomic mass is 16.5. The first kappa shape index (κ1) is 15.6. The van der Waals surface area contributed by atoms with Crippen molar-refractivity contribution in [1.29, 1.82) is 0 Å². The van der Waals surface area contributed by atoms with E-state index in [1.807, 2.05) is 6.07 Å². The highest BCUT2D eigenvalue weighted by Crippen LogP contribution is 2.49. The molecule has 0 saturated heterocycles. The molecule has 0 aliphatic heterocycles. The zero-order valence-corrected chi connectivity index (χ0v) is 13.2. The molecule has 1 fully saturated rings. The largest absolute Gasteiger partial charge is 0.504 e. The van der Waals surface area contributed by atoms with Gasteiger partial charge in [0, 0.05) is 5.56 Å². The van der Waals surface area contributed by atoms with Crippen LogP contribution in [0, 0.1) is 0 Å². The Morgan fingerprint density at radius 3 is 2.38 bits per heavy atom. The van der Waals surface area contributed by atoms with Crippen LogP contribution in [-0.4, -0.2) is 18.3 Å². The van der Waals surface area contributed by atoms with E-state index >= 15 is 0 Å². The normalized spacial score (nSPS) is 17.3. The molecule has 4 nitrogen and oxygen atoms in total. The van der Waals surface area contributed by atoms with E-state index in [9.17, 15) is 9.90 Å². The molecule has 1 aliphatic rings. The first-order valence-electron chi connectivity index (χ1n) is 7.35. The number of phenols is 1. The molecule has 1 aromatic carbocycles. The quantitative estimate of drug-likeness (QED) is 0.680. The van der Waals surface area contributed by atoms with Crippen LogP contribution in [0.2, 0.25) is 0 Å². The molecule has 21 heavy (non-hydrogen) atoms. The fourth-order valence-electron chi connectivity index (χ4n) is 3.10. The summed E-state index contributed by atoms with van der Waals surface area (Å²) in [5.74, 6) is 0.524. The number of ether oxygens (including phenoxy) is 1. The van der Waals surface area contributed by atoms with E-state index in [1.54, 1.807) is 12.1 Å². The number of methoxy groups -OCH3 is 1. The fraction of sp³-hybridized carbons (Fsp3) is 0.588. The van der Waals surface area contributed by atoms with Crippen molar-refractivity contribution in [2.24, 2.45) is 4.99 Å². The van der Waals surface area contributed by atoms with Crippen molar-refractivity contribution < 1.29 is 14.6 Å². The van der Waals surface area contributed by atoms with Crippen molar-refractivity contribution >= 4 is 6.08 Å². The molecular weight excluding hydrogens is 266 g/mol. The highest BCUT2D eigenvalue weighted by molar-refractivity contribution is 5.54. The first-order valence-corrected chi connectivity index (χ1v) is 7.35. The Morgan fingerprint density at radius 1 is 1.29 bits per heavy atom. The lowest BCUT2D eigenvalue weighted by molar-refractivity contribution is 0.348. The number of carbonyl (C=O) groups excluding carboxylic acids is 1. The van der Waals surface area contributed by atoms with Crippen LogP contribution in [0.15, 0.2) is 17.1 Å². The van der Waals surface area contributed by atoms with Gasteiger partial charge in [-0.15, -0.1) is 0 Å². The van der Waals surface area contributed by atoms with Crippen LogP contribution in [0.4, 0.5) is 0 Å². The molecule has 0 bridgehead atoms. The predicted octanol–water partition coefficient (Wildman–Crippen LogP) is 3.80. The molecule has 0 unspecified atom stereocenters. The minimum Gasteiger partial charge on any atom is -0.504 e. The molecule has 0 radical (unpaired) electrons. The van der Waals surface area contributed by atoms with E-state index in [0.29, 0.717) is 5.75 Å². The number of nitrogens with zero attached hydrogens (tertiary/aromatic N) is 1. The molecule has 0 atom stereocenters. The molecule has 0 heterocycles. The average Bonchev–Trinajstić information content (AvgIpc) is 2.87. The van der Waals surface area contributed by atoms with Crippen LogP contribution in [0.1, 0.15) is 57.6 Å². The average molecular weight is 289 g/mol. The second kappa shape index (κ2) is 5.53. The summed E-state index contributed by atoms with van der Waals surface area (Å²) in [5, 5.41) is 10.3. The first-order chi connectivity index (χ1) is 9.84. The van der Waals surface area contributed by atoms with Crippen LogP contribution in [0.25, 0.3) is 0 Å². The molecule has 114 valence electrons. The molecule has 1 N–H and O–H groups in total. The van der Waals surface area contributed by atoms with E-state index < -0.39 is 5.54 Å². The van der Waals surface area contributed by atoms with Gasteiger partial charge in [0.25, 0.3) is 0 Å². The number of rotatable bonds is 3. The molecule has 4 heteroatoms. The summed E-state index contributed by atoms with van der Waals surface area (Å²) in [6.07, 6.45) is 5.30. The summed E-state index contributed by atoms with van der Waals surface area (Å²) in [6.45, 7) is 6.26. The number of phenolic OH excluding ortho intramolecular Hbond substituents is 1. The molecule has 1 saturated carbocycles. The number of aliphatic imine (C=N–C) groups is 1. The van der Waals surface area contributed by atoms with Crippen LogP contribution in [-0.2, 0) is 15.7 Å². The summed E-state index contributed by atoms with van der Waals surface area (Å²) >= 11 is 0. The van der Waals surface area contributed by atoms with Gasteiger partial charge in [-0.3, -0.25) is 0 Å². The van der Waals surface area contributed by atoms with Crippen molar-refractivity contribution in [2.75, 3.05) is 7.11 Å². The Bertz CT molecular complexity index is 574. The van der Waals surface area contributed by atoms with Gasteiger partial charge in [0.2, 0.25) is 6.08 Å². The lowest BCUT2D eigenvalue weighted by atomic mass is 9.81. The van der Waals surface area contributed by atoms with Crippen molar-refractivity contribution in [2.45, 2.75) is 57.4 Å². The van der Waals surface area contributed by atoms with Gasteiger partial charge in [-0.1, -0.05) is 33.6 Å². The Morgan fingerprint density at radius 2 is 1.90 bits per heavy atom. The van der Waals surface area contributed by atoms with Gasteiger partial charge in [-0.05, 0) is 36.0 Å². The Labute approximate surface area is 125 Å². The highest BCUT2D eigenvalue weighted by Gasteiger charge is 2.39. The SMILES string of the molecule is COc1c(O)cc(C(C)(C)C)cc1C1(N=C=O)CCCC1. The van der Waals surface area contributed by atoms with Gasteiger partial charge in [0.15, 0.2) is 11.5 Å². The zero-order valence-electron chi connectivity index (χ0n) is 13.2. The number of aromatic hydroxyl groups is 1. The number of hydrogen-bond acceptors (Lipinski definition) is 4. The Kier molecular flexibility index (Phi) is 4.11. The number of hydrogen-bond donors (Lipinski definition) is 1. The van der Waals surface area contributed by atoms with Gasteiger partial charge >= 0.3 is 0 Å². The minimum absolute atomic E-state index is 0.104. The summed E-state index contributed by atoms with van der Waals surface area (Å²) in [6, 6.07) is 3.75. The van der Waals surface area contributed by atoms with Crippen molar-refractivity contribution in [1.82, 2.24) is 0 Å². The van der Waals surface area contributed by atoms with E-state index in [-0.39, 0.29) is 11.2 Å². The molecular formula is C17H23NO3. The zero-order chi connectivity index (χ0) is 15.7. The van der Waals surface area contributed by atoms with Crippen molar-refractivity contribution in [3.05, 3.63) is 23.3 Å². The van der Waals surface area contributed by atoms with Gasteiger partial charge in [-0.2, -0.15) is 4.99 Å². The standard InChI is InChI=1S/C17H23NO3/c1-16(2,3)12-9-13(15(21-4)14(20)10-12)17(18-11-19)7-5-6-8-17/h9-10,20H,5-8H2,1-4H3. The van der Waals surface area contributed by atoms with Crippen molar-refractivity contribution in [3.8, 4) is 11.5 Å². The third kappa shape index (κ3) is 2.81. The van der Waals surface area contributed by atoms with Crippen molar-refractivity contribution in [3.63, 3.8) is 0 Å². The molecule has 1 aromatic rings. The summed E-state index contributed by atoms with van der Waals surface area (Å²) in [5.41, 5.74) is 1.09. The third-order valence-electron chi connectivity index (χ3n) is 4.33. The van der Waals surface area contributed by atoms with Gasteiger partial charge in [0.05, 0.1) is 7.11 Å². The molecule has 2 rings (SSSR count). The van der Waals surface area contributed by atoms with Crippen LogP contribution in [0.5, 0.6) is 11.5 Å². The maximum absolute atomic E-state index is 10.9. The molecule has 0 amide bonds. The summed E-state index contributed by atoms with van der Waals surface area (Å²) in [7, 11) is 1.53. The van der Waals surface area contributed by atoms with Crippen LogP contribution < -0.4 is 4.74 Å². The second-order valence-electron chi connectivity index (χ2n) is 6.77. The van der Waals surface area contributed by atoms with E-state index in [0.717, 1.165) is 36.8 Å². The fourth-order valence-corrected chi connectivity index (χ4v) is 3.10. The van der Waals surface area contributed by atoms with Gasteiger partial charge in [-0.25, -0.2) is 4.79 Å². The van der Waals surface area contributed by atoms with E-state index in [2.05, 4.69) is 25.8 Å². The Balaban J connectivity index is 2.70. The summed E-state index contributed by atoms with van der Waals surface area (Å²) in [4.78, 5) is 15.0. The van der Waals surface area contributed by atoms with E-state index in [4.69, 9.17) is 4.74 Å². The van der Waals surface area contributed by atoms with Gasteiger partial charge < -0.3 is 9.84 Å².